The Morgan fingerprint density at radius 3 is 2.41 bits per heavy atom. The average Bonchev–Trinajstić information content (AvgIpc) is 3.20. The number of para-hydroxylation sites is 1. The minimum absolute atomic E-state index is 0.0933. The molecule has 0 spiro atoms. The SMILES string of the molecule is COc1ccc(N2C(=O)CSC2c2ccccc2NS(=O)(=O)c2ccccc2)c(OC)c1. The molecule has 1 heterocycles. The van der Waals surface area contributed by atoms with Crippen LogP contribution in [-0.2, 0) is 14.8 Å². The lowest BCUT2D eigenvalue weighted by Gasteiger charge is -2.27. The van der Waals surface area contributed by atoms with Gasteiger partial charge in [-0.1, -0.05) is 36.4 Å². The summed E-state index contributed by atoms with van der Waals surface area (Å²) in [4.78, 5) is 14.7. The summed E-state index contributed by atoms with van der Waals surface area (Å²) in [6.45, 7) is 0. The summed E-state index contributed by atoms with van der Waals surface area (Å²) in [5.41, 5.74) is 1.69. The summed E-state index contributed by atoms with van der Waals surface area (Å²) in [5.74, 6) is 1.27. The van der Waals surface area contributed by atoms with Crippen molar-refractivity contribution >= 4 is 39.1 Å². The zero-order chi connectivity index (χ0) is 22.7. The Kier molecular flexibility index (Phi) is 6.29. The molecule has 1 saturated heterocycles. The van der Waals surface area contributed by atoms with Crippen LogP contribution in [0.2, 0.25) is 0 Å². The zero-order valence-corrected chi connectivity index (χ0v) is 19.2. The highest BCUT2D eigenvalue weighted by Gasteiger charge is 2.37. The average molecular weight is 471 g/mol. The predicted octanol–water partition coefficient (Wildman–Crippen LogP) is 4.28. The molecule has 1 fully saturated rings. The fourth-order valence-corrected chi connectivity index (χ4v) is 5.82. The maximum atomic E-state index is 12.9. The van der Waals surface area contributed by atoms with Gasteiger partial charge in [0.05, 0.1) is 36.2 Å². The number of thioether (sulfide) groups is 1. The molecule has 1 atom stereocenters. The lowest BCUT2D eigenvalue weighted by Crippen LogP contribution is -2.29. The Hall–Kier alpha value is -3.17. The Balaban J connectivity index is 1.74. The second-order valence-electron chi connectivity index (χ2n) is 6.97. The summed E-state index contributed by atoms with van der Waals surface area (Å²) in [5, 5.41) is -0.431. The van der Waals surface area contributed by atoms with Crippen LogP contribution in [0.4, 0.5) is 11.4 Å². The van der Waals surface area contributed by atoms with Crippen LogP contribution in [0.5, 0.6) is 11.5 Å². The van der Waals surface area contributed by atoms with Crippen molar-refractivity contribution in [2.45, 2.75) is 10.3 Å². The highest BCUT2D eigenvalue weighted by atomic mass is 32.2. The molecule has 1 aliphatic rings. The molecule has 9 heteroatoms. The number of carbonyl (C=O) groups is 1. The van der Waals surface area contributed by atoms with Gasteiger partial charge in [-0.3, -0.25) is 14.4 Å². The number of methoxy groups -OCH3 is 2. The maximum absolute atomic E-state index is 12.9. The van der Waals surface area contributed by atoms with Crippen LogP contribution in [0, 0.1) is 0 Å². The quantitative estimate of drug-likeness (QED) is 0.555. The molecule has 1 amide bonds. The number of nitrogens with zero attached hydrogens (tertiary/aromatic N) is 1. The van der Waals surface area contributed by atoms with E-state index in [4.69, 9.17) is 9.47 Å². The van der Waals surface area contributed by atoms with Crippen LogP contribution in [0.1, 0.15) is 10.9 Å². The van der Waals surface area contributed by atoms with Crippen molar-refractivity contribution in [1.29, 1.82) is 0 Å². The molecule has 1 aliphatic heterocycles. The van der Waals surface area contributed by atoms with Crippen LogP contribution in [0.15, 0.2) is 77.7 Å². The van der Waals surface area contributed by atoms with Gasteiger partial charge in [0.25, 0.3) is 10.0 Å². The standard InChI is InChI=1S/C23H22N2O5S2/c1-29-16-12-13-20(21(14-16)30-2)25-22(26)15-31-23(25)18-10-6-7-11-19(18)24-32(27,28)17-8-4-3-5-9-17/h3-14,23-24H,15H2,1-2H3. The van der Waals surface area contributed by atoms with Crippen LogP contribution < -0.4 is 19.1 Å². The Morgan fingerprint density at radius 2 is 1.69 bits per heavy atom. The second kappa shape index (κ2) is 9.13. The van der Waals surface area contributed by atoms with Crippen molar-refractivity contribution in [3.05, 3.63) is 78.4 Å². The van der Waals surface area contributed by atoms with E-state index in [1.54, 1.807) is 60.5 Å². The molecule has 7 nitrogen and oxygen atoms in total. The van der Waals surface area contributed by atoms with Crippen LogP contribution in [-0.4, -0.2) is 34.3 Å². The molecule has 32 heavy (non-hydrogen) atoms. The monoisotopic (exact) mass is 470 g/mol. The number of rotatable bonds is 7. The summed E-state index contributed by atoms with van der Waals surface area (Å²) in [6, 6.07) is 20.5. The summed E-state index contributed by atoms with van der Waals surface area (Å²) in [7, 11) is -0.697. The molecule has 1 unspecified atom stereocenters. The van der Waals surface area contributed by atoms with Gasteiger partial charge in [0.15, 0.2) is 0 Å². The van der Waals surface area contributed by atoms with Gasteiger partial charge >= 0.3 is 0 Å². The third kappa shape index (κ3) is 4.26. The largest absolute Gasteiger partial charge is 0.497 e. The van der Waals surface area contributed by atoms with Crippen molar-refractivity contribution in [1.82, 2.24) is 0 Å². The lowest BCUT2D eigenvalue weighted by molar-refractivity contribution is -0.115. The van der Waals surface area contributed by atoms with Gasteiger partial charge in [-0.25, -0.2) is 8.42 Å². The molecule has 0 saturated carbocycles. The van der Waals surface area contributed by atoms with Crippen molar-refractivity contribution in [2.75, 3.05) is 29.6 Å². The minimum atomic E-state index is -3.79. The van der Waals surface area contributed by atoms with E-state index in [-0.39, 0.29) is 16.6 Å². The van der Waals surface area contributed by atoms with Gasteiger partial charge in [0.1, 0.15) is 16.9 Å². The number of amides is 1. The van der Waals surface area contributed by atoms with Gasteiger partial charge < -0.3 is 9.47 Å². The second-order valence-corrected chi connectivity index (χ2v) is 9.72. The Bertz CT molecular complexity index is 1230. The van der Waals surface area contributed by atoms with Gasteiger partial charge in [0.2, 0.25) is 5.91 Å². The van der Waals surface area contributed by atoms with E-state index in [2.05, 4.69) is 4.72 Å². The van der Waals surface area contributed by atoms with Gasteiger partial charge in [-0.2, -0.15) is 0 Å². The number of nitrogens with one attached hydrogen (secondary N) is 1. The fraction of sp³-hybridized carbons (Fsp3) is 0.174. The number of ether oxygens (including phenoxy) is 2. The summed E-state index contributed by atoms with van der Waals surface area (Å²) < 4.78 is 39.3. The number of benzene rings is 3. The first-order chi connectivity index (χ1) is 15.4. The fourth-order valence-electron chi connectivity index (χ4n) is 3.51. The normalized spacial score (nSPS) is 16.1. The van der Waals surface area contributed by atoms with E-state index >= 15 is 0 Å². The van der Waals surface area contributed by atoms with Crippen molar-refractivity contribution < 1.29 is 22.7 Å². The smallest absolute Gasteiger partial charge is 0.261 e. The van der Waals surface area contributed by atoms with Crippen molar-refractivity contribution in [2.24, 2.45) is 0 Å². The highest BCUT2D eigenvalue weighted by molar-refractivity contribution is 8.00. The number of sulfonamides is 1. The molecule has 4 rings (SSSR count). The van der Waals surface area contributed by atoms with E-state index in [9.17, 15) is 13.2 Å². The van der Waals surface area contributed by atoms with Crippen molar-refractivity contribution in [3.8, 4) is 11.5 Å². The van der Waals surface area contributed by atoms with Crippen molar-refractivity contribution in [3.63, 3.8) is 0 Å². The summed E-state index contributed by atoms with van der Waals surface area (Å²) >= 11 is 1.43. The molecule has 0 radical (unpaired) electrons. The van der Waals surface area contributed by atoms with Crippen LogP contribution in [0.25, 0.3) is 0 Å². The molecular formula is C23H22N2O5S2. The lowest BCUT2D eigenvalue weighted by atomic mass is 10.1. The van der Waals surface area contributed by atoms with E-state index in [1.165, 1.54) is 31.0 Å². The number of hydrogen-bond acceptors (Lipinski definition) is 6. The van der Waals surface area contributed by atoms with Gasteiger partial charge in [-0.05, 0) is 30.3 Å². The predicted molar refractivity (Wildman–Crippen MR) is 126 cm³/mol. The van der Waals surface area contributed by atoms with Gasteiger partial charge in [0, 0.05) is 11.6 Å². The van der Waals surface area contributed by atoms with E-state index in [1.807, 2.05) is 12.1 Å². The molecular weight excluding hydrogens is 448 g/mol. The van der Waals surface area contributed by atoms with Gasteiger partial charge in [-0.15, -0.1) is 11.8 Å². The Labute approximate surface area is 191 Å². The van der Waals surface area contributed by atoms with Crippen LogP contribution in [0.3, 0.4) is 0 Å². The zero-order valence-electron chi connectivity index (χ0n) is 17.5. The molecule has 3 aromatic rings. The summed E-state index contributed by atoms with van der Waals surface area (Å²) in [6.07, 6.45) is 0. The van der Waals surface area contributed by atoms with E-state index in [0.717, 1.165) is 0 Å². The molecule has 0 aromatic heterocycles. The van der Waals surface area contributed by atoms with Crippen LogP contribution >= 0.6 is 11.8 Å². The first-order valence-corrected chi connectivity index (χ1v) is 12.3. The highest BCUT2D eigenvalue weighted by Crippen LogP contribution is 2.47. The first kappa shape index (κ1) is 22.0. The maximum Gasteiger partial charge on any atom is 0.261 e. The van der Waals surface area contributed by atoms with E-state index < -0.39 is 15.4 Å². The molecule has 166 valence electrons. The first-order valence-electron chi connectivity index (χ1n) is 9.77. The minimum Gasteiger partial charge on any atom is -0.497 e. The third-order valence-electron chi connectivity index (χ3n) is 5.04. The number of anilines is 2. The molecule has 0 aliphatic carbocycles. The third-order valence-corrected chi connectivity index (χ3v) is 7.61. The molecule has 1 N–H and O–H groups in total. The van der Waals surface area contributed by atoms with E-state index in [0.29, 0.717) is 28.4 Å². The number of hydrogen-bond donors (Lipinski definition) is 1. The topological polar surface area (TPSA) is 84.9 Å². The Morgan fingerprint density at radius 1 is 0.969 bits per heavy atom. The molecule has 0 bridgehead atoms. The molecule has 3 aromatic carbocycles. The number of carbonyl (C=O) groups excluding carboxylic acids is 1.